The van der Waals surface area contributed by atoms with Crippen LogP contribution in [0, 0.1) is 0 Å². The second kappa shape index (κ2) is 8.00. The van der Waals surface area contributed by atoms with Crippen LogP contribution >= 0.6 is 24.0 Å². The summed E-state index contributed by atoms with van der Waals surface area (Å²) >= 11 is 0. The van der Waals surface area contributed by atoms with Gasteiger partial charge in [0.1, 0.15) is 5.82 Å². The molecule has 0 atom stereocenters. The van der Waals surface area contributed by atoms with Crippen LogP contribution in [-0.4, -0.2) is 33.5 Å². The van der Waals surface area contributed by atoms with Crippen LogP contribution < -0.4 is 5.73 Å². The molecular weight excluding hydrogens is 377 g/mol. The summed E-state index contributed by atoms with van der Waals surface area (Å²) in [4.78, 5) is 11.4. The fourth-order valence-corrected chi connectivity index (χ4v) is 3.11. The van der Waals surface area contributed by atoms with Crippen molar-refractivity contribution in [2.24, 2.45) is 10.7 Å². The highest BCUT2D eigenvalue weighted by molar-refractivity contribution is 14.0. The lowest BCUT2D eigenvalue weighted by molar-refractivity contribution is 0.428. The zero-order chi connectivity index (χ0) is 13.8. The maximum Gasteiger partial charge on any atom is 0.191 e. The summed E-state index contributed by atoms with van der Waals surface area (Å²) in [6, 6.07) is 0. The second-order valence-corrected chi connectivity index (χ2v) is 5.87. The van der Waals surface area contributed by atoms with E-state index in [-0.39, 0.29) is 24.0 Å². The van der Waals surface area contributed by atoms with Crippen molar-refractivity contribution >= 4 is 29.9 Å². The number of fused-ring (bicyclic) bond motifs is 1. The number of likely N-dealkylation sites (tertiary alicyclic amines) is 1. The minimum atomic E-state index is 0. The van der Waals surface area contributed by atoms with Crippen molar-refractivity contribution in [3.05, 3.63) is 17.7 Å². The fourth-order valence-electron chi connectivity index (χ4n) is 3.11. The van der Waals surface area contributed by atoms with Gasteiger partial charge in [0.2, 0.25) is 0 Å². The normalized spacial score (nSPS) is 19.6. The largest absolute Gasteiger partial charge is 0.370 e. The van der Waals surface area contributed by atoms with E-state index in [0.29, 0.717) is 12.5 Å². The highest BCUT2D eigenvalue weighted by Gasteiger charge is 2.13. The molecule has 0 spiro atoms. The van der Waals surface area contributed by atoms with Gasteiger partial charge in [-0.3, -0.25) is 0 Å². The molecule has 0 amide bonds. The molecule has 1 aromatic heterocycles. The van der Waals surface area contributed by atoms with Crippen molar-refractivity contribution in [2.45, 2.75) is 58.0 Å². The van der Waals surface area contributed by atoms with Crippen LogP contribution in [0.5, 0.6) is 0 Å². The minimum Gasteiger partial charge on any atom is -0.370 e. The van der Waals surface area contributed by atoms with Gasteiger partial charge >= 0.3 is 0 Å². The summed E-state index contributed by atoms with van der Waals surface area (Å²) in [5.41, 5.74) is 7.18. The van der Waals surface area contributed by atoms with Crippen LogP contribution in [-0.2, 0) is 19.5 Å². The van der Waals surface area contributed by atoms with Gasteiger partial charge in [-0.15, -0.1) is 24.0 Å². The summed E-state index contributed by atoms with van der Waals surface area (Å²) in [6.45, 7) is 3.82. The Morgan fingerprint density at radius 3 is 2.52 bits per heavy atom. The quantitative estimate of drug-likeness (QED) is 0.469. The van der Waals surface area contributed by atoms with Crippen LogP contribution in [0.15, 0.2) is 11.2 Å². The number of imidazole rings is 1. The van der Waals surface area contributed by atoms with E-state index in [1.54, 1.807) is 0 Å². The lowest BCUT2D eigenvalue weighted by Crippen LogP contribution is -2.38. The number of nitrogens with zero attached hydrogens (tertiary/aromatic N) is 4. The van der Waals surface area contributed by atoms with Crippen molar-refractivity contribution in [3.8, 4) is 0 Å². The number of guanidine groups is 1. The average Bonchev–Trinajstić information content (AvgIpc) is 2.69. The van der Waals surface area contributed by atoms with Crippen molar-refractivity contribution in [3.63, 3.8) is 0 Å². The van der Waals surface area contributed by atoms with E-state index in [4.69, 9.17) is 5.73 Å². The number of aromatic nitrogens is 2. The molecule has 0 saturated carbocycles. The lowest BCUT2D eigenvalue weighted by atomic mass is 10.2. The Labute approximate surface area is 144 Å². The van der Waals surface area contributed by atoms with E-state index < -0.39 is 0 Å². The summed E-state index contributed by atoms with van der Waals surface area (Å²) < 4.78 is 2.27. The summed E-state index contributed by atoms with van der Waals surface area (Å²) in [6.07, 6.45) is 10.9. The standard InChI is InChI=1S/C15H25N5.HI/c16-15(19-8-4-1-2-5-9-19)17-11-13-12-20-10-6-3-7-14(20)18-13;/h12H,1-11H2,(H2,16,17);1H. The molecule has 1 fully saturated rings. The maximum atomic E-state index is 6.13. The molecule has 0 aromatic carbocycles. The number of aliphatic imine (C=N–C) groups is 1. The Bertz CT molecular complexity index is 451. The zero-order valence-corrected chi connectivity index (χ0v) is 15.0. The van der Waals surface area contributed by atoms with Crippen LogP contribution in [0.2, 0.25) is 0 Å². The number of hydrogen-bond donors (Lipinski definition) is 1. The molecule has 2 N–H and O–H groups in total. The number of hydrogen-bond acceptors (Lipinski definition) is 2. The van der Waals surface area contributed by atoms with Crippen LogP contribution in [0.1, 0.15) is 50.0 Å². The molecule has 118 valence electrons. The Balaban J connectivity index is 0.00000161. The monoisotopic (exact) mass is 403 g/mol. The third-order valence-corrected chi connectivity index (χ3v) is 4.29. The topological polar surface area (TPSA) is 59.4 Å². The van der Waals surface area contributed by atoms with E-state index in [1.807, 2.05) is 0 Å². The lowest BCUT2D eigenvalue weighted by Gasteiger charge is -2.20. The Hall–Kier alpha value is -0.790. The van der Waals surface area contributed by atoms with Gasteiger partial charge in [-0.05, 0) is 25.7 Å². The third-order valence-electron chi connectivity index (χ3n) is 4.29. The van der Waals surface area contributed by atoms with Crippen molar-refractivity contribution in [1.29, 1.82) is 0 Å². The molecule has 0 aliphatic carbocycles. The van der Waals surface area contributed by atoms with Crippen molar-refractivity contribution in [1.82, 2.24) is 14.5 Å². The smallest absolute Gasteiger partial charge is 0.191 e. The van der Waals surface area contributed by atoms with Gasteiger partial charge in [0, 0.05) is 32.3 Å². The second-order valence-electron chi connectivity index (χ2n) is 5.87. The molecule has 2 aliphatic rings. The molecular formula is C15H26IN5. The molecule has 0 radical (unpaired) electrons. The molecule has 5 nitrogen and oxygen atoms in total. The number of aryl methyl sites for hydroxylation is 2. The molecule has 3 rings (SSSR count). The van der Waals surface area contributed by atoms with E-state index in [1.165, 1.54) is 44.3 Å². The summed E-state index contributed by atoms with van der Waals surface area (Å²) in [7, 11) is 0. The van der Waals surface area contributed by atoms with Gasteiger partial charge in [0.15, 0.2) is 5.96 Å². The molecule has 0 unspecified atom stereocenters. The maximum absolute atomic E-state index is 6.13. The highest BCUT2D eigenvalue weighted by atomic mass is 127. The molecule has 3 heterocycles. The van der Waals surface area contributed by atoms with Gasteiger partial charge in [-0.1, -0.05) is 12.8 Å². The Morgan fingerprint density at radius 1 is 1.10 bits per heavy atom. The zero-order valence-electron chi connectivity index (χ0n) is 12.6. The Morgan fingerprint density at radius 2 is 1.81 bits per heavy atom. The number of rotatable bonds is 2. The van der Waals surface area contributed by atoms with E-state index in [0.717, 1.165) is 31.7 Å². The third kappa shape index (κ3) is 4.34. The number of halogens is 1. The van der Waals surface area contributed by atoms with E-state index >= 15 is 0 Å². The molecule has 1 aromatic rings. The first-order valence-corrected chi connectivity index (χ1v) is 7.93. The highest BCUT2D eigenvalue weighted by Crippen LogP contribution is 2.15. The van der Waals surface area contributed by atoms with Gasteiger partial charge in [-0.25, -0.2) is 9.98 Å². The summed E-state index contributed by atoms with van der Waals surface area (Å²) in [5.74, 6) is 1.91. The Kier molecular flexibility index (Phi) is 6.32. The van der Waals surface area contributed by atoms with E-state index in [2.05, 4.69) is 25.6 Å². The van der Waals surface area contributed by atoms with E-state index in [9.17, 15) is 0 Å². The van der Waals surface area contributed by atoms with Gasteiger partial charge in [0.25, 0.3) is 0 Å². The minimum absolute atomic E-state index is 0. The summed E-state index contributed by atoms with van der Waals surface area (Å²) in [5, 5.41) is 0. The first-order chi connectivity index (χ1) is 9.83. The first kappa shape index (κ1) is 16.6. The molecule has 1 saturated heterocycles. The van der Waals surface area contributed by atoms with Crippen LogP contribution in [0.4, 0.5) is 0 Å². The van der Waals surface area contributed by atoms with Crippen molar-refractivity contribution < 1.29 is 0 Å². The predicted molar refractivity (Wildman–Crippen MR) is 95.9 cm³/mol. The molecule has 21 heavy (non-hydrogen) atoms. The van der Waals surface area contributed by atoms with Crippen molar-refractivity contribution in [2.75, 3.05) is 13.1 Å². The van der Waals surface area contributed by atoms with Gasteiger partial charge in [-0.2, -0.15) is 0 Å². The molecule has 6 heteroatoms. The number of nitrogens with two attached hydrogens (primary N) is 1. The molecule has 0 bridgehead atoms. The van der Waals surface area contributed by atoms with Gasteiger partial charge < -0.3 is 15.2 Å². The molecule has 2 aliphatic heterocycles. The average molecular weight is 403 g/mol. The first-order valence-electron chi connectivity index (χ1n) is 7.93. The van der Waals surface area contributed by atoms with Gasteiger partial charge in [0.05, 0.1) is 12.2 Å². The van der Waals surface area contributed by atoms with Crippen LogP contribution in [0.25, 0.3) is 0 Å². The predicted octanol–water partition coefficient (Wildman–Crippen LogP) is 2.53. The SMILES string of the molecule is I.NC(=NCc1cn2c(n1)CCCC2)N1CCCCCC1. The van der Waals surface area contributed by atoms with Crippen LogP contribution in [0.3, 0.4) is 0 Å². The fraction of sp³-hybridized carbons (Fsp3) is 0.733.